The third kappa shape index (κ3) is 14.0. The van der Waals surface area contributed by atoms with Crippen molar-refractivity contribution in [1.82, 2.24) is 0 Å². The highest BCUT2D eigenvalue weighted by Gasteiger charge is 2.78. The van der Waals surface area contributed by atoms with E-state index in [0.717, 1.165) is 18.4 Å². The zero-order valence-electron chi connectivity index (χ0n) is 59.4. The van der Waals surface area contributed by atoms with Crippen LogP contribution in [0.25, 0.3) is 0 Å². The van der Waals surface area contributed by atoms with Crippen LogP contribution in [-0.2, 0) is 56.8 Å². The van der Waals surface area contributed by atoms with Gasteiger partial charge in [-0.3, -0.25) is 0 Å². The van der Waals surface area contributed by atoms with Crippen molar-refractivity contribution < 1.29 is 169 Å². The van der Waals surface area contributed by atoms with Crippen molar-refractivity contribution >= 4 is 0 Å². The van der Waals surface area contributed by atoms with Gasteiger partial charge < -0.3 is 169 Å². The van der Waals surface area contributed by atoms with Gasteiger partial charge in [-0.2, -0.15) is 0 Å². The van der Waals surface area contributed by atoms with E-state index in [9.17, 15) is 112 Å². The molecule has 22 N–H and O–H groups in total. The van der Waals surface area contributed by atoms with Crippen LogP contribution in [0.15, 0.2) is 11.6 Å². The Morgan fingerprint density at radius 2 is 0.804 bits per heavy atom. The molecule has 10 aliphatic rings. The van der Waals surface area contributed by atoms with Crippen molar-refractivity contribution in [3.63, 3.8) is 0 Å². The number of aliphatic hydroxyl groups excluding tert-OH is 21. The van der Waals surface area contributed by atoms with Crippen LogP contribution in [0.5, 0.6) is 0 Å². The molecule has 0 aromatic rings. The Morgan fingerprint density at radius 3 is 1.22 bits per heavy atom. The fraction of sp³-hybridized carbons (Fsp3) is 0.971. The first-order valence-electron chi connectivity index (χ1n) is 35.8. The van der Waals surface area contributed by atoms with Gasteiger partial charge in [0.05, 0.1) is 63.6 Å². The molecule has 0 aromatic carbocycles. The van der Waals surface area contributed by atoms with Gasteiger partial charge in [-0.25, -0.2) is 0 Å². The highest BCUT2D eigenvalue weighted by Crippen LogP contribution is 2.82. The summed E-state index contributed by atoms with van der Waals surface area (Å²) in [4.78, 5) is 0. The van der Waals surface area contributed by atoms with E-state index in [4.69, 9.17) is 56.8 Å². The molecule has 40 atom stereocenters. The largest absolute Gasteiger partial charge is 0.394 e. The normalized spacial score (nSPS) is 52.7. The molecule has 34 heteroatoms. The van der Waals surface area contributed by atoms with Gasteiger partial charge in [0.15, 0.2) is 37.7 Å². The molecular weight excluding hydrogens is 1360 g/mol. The van der Waals surface area contributed by atoms with Gasteiger partial charge in [0, 0.05) is 10.8 Å². The van der Waals surface area contributed by atoms with E-state index in [1.54, 1.807) is 0 Å². The van der Waals surface area contributed by atoms with E-state index in [-0.39, 0.29) is 18.3 Å². The van der Waals surface area contributed by atoms with Crippen LogP contribution in [0, 0.1) is 44.3 Å². The van der Waals surface area contributed by atoms with Gasteiger partial charge >= 0.3 is 0 Å². The second-order valence-electron chi connectivity index (χ2n) is 32.6. The predicted octanol–water partition coefficient (Wildman–Crippen LogP) is -6.80. The number of fused-ring (bicyclic) bond motifs is 5. The number of ether oxygens (including phenoxy) is 12. The average Bonchev–Trinajstić information content (AvgIpc) is 1.18. The molecule has 6 aliphatic heterocycles. The fourth-order valence-electron chi connectivity index (χ4n) is 19.8. The molecule has 102 heavy (non-hydrogen) atoms. The standard InChI is InChI=1S/C68H116O34/c1-26(27-13-17-66(8)65(27,7)19-35(75)68(10)64(6)16-15-36(62(2,3)34(64)14-18-67(66,68)9)97-56-49(87)44(82)52(31(23-72)94-56)99-57-46(84)41(79)38(76)28(20-69)91-57)11-12-37(63(4,5)90)98-61-55(51(89)54(33(25-74)96-61)101-59-48(86)43(81)40(78)30(22-71)93-59)102-60-50(88)45(83)53(32(24-73)95-60)100-58-47(85)42(80)39(77)29(21-70)92-58/h14,26-33,35-61,69-90H,11-13,15-25H2,1-10H3/t26-,27?,28-,29-,30-,31-,32-,33-,35?,36+,37-,38-,39-,40-,41+,42+,43+,44-,45-,46-,47-,48-,49-,50-,51+,52-,53-,54-,55-,56?,57?,58?,59?,60?,61?,64-,65-,66-,67+,68+/m1/s1. The molecule has 0 spiro atoms. The Kier molecular flexibility index (Phi) is 25.4. The first-order valence-corrected chi connectivity index (χ1v) is 35.8. The lowest BCUT2D eigenvalue weighted by atomic mass is 9.29. The Morgan fingerprint density at radius 1 is 0.431 bits per heavy atom. The Hall–Kier alpha value is -1.62. The molecular formula is C68H116O34. The minimum absolute atomic E-state index is 0.0192. The van der Waals surface area contributed by atoms with Crippen LogP contribution in [0.4, 0.5) is 0 Å². The molecule has 0 bridgehead atoms. The maximum absolute atomic E-state index is 13.2. The summed E-state index contributed by atoms with van der Waals surface area (Å²) in [5, 5.41) is 241. The number of aliphatic hydroxyl groups is 22. The van der Waals surface area contributed by atoms with E-state index in [1.807, 2.05) is 13.8 Å². The second kappa shape index (κ2) is 31.3. The molecule has 0 aromatic heterocycles. The lowest BCUT2D eigenvalue weighted by Gasteiger charge is -2.75. The lowest BCUT2D eigenvalue weighted by molar-refractivity contribution is -0.400. The van der Waals surface area contributed by atoms with Crippen LogP contribution < -0.4 is 0 Å². The van der Waals surface area contributed by atoms with Crippen molar-refractivity contribution in [2.75, 3.05) is 39.6 Å². The summed E-state index contributed by atoms with van der Waals surface area (Å²) in [7, 11) is 0. The van der Waals surface area contributed by atoms with Gasteiger partial charge in [-0.05, 0) is 98.7 Å². The van der Waals surface area contributed by atoms with Crippen LogP contribution in [0.1, 0.15) is 121 Å². The van der Waals surface area contributed by atoms with E-state index in [0.29, 0.717) is 32.1 Å². The van der Waals surface area contributed by atoms with Gasteiger partial charge in [-0.15, -0.1) is 0 Å². The maximum atomic E-state index is 13.2. The number of hydrogen-bond donors (Lipinski definition) is 22. The van der Waals surface area contributed by atoms with E-state index in [1.165, 1.54) is 13.8 Å². The Labute approximate surface area is 591 Å². The molecule has 8 unspecified atom stereocenters. The molecule has 0 amide bonds. The van der Waals surface area contributed by atoms with Crippen molar-refractivity contribution in [2.45, 2.75) is 329 Å². The second-order valence-corrected chi connectivity index (χ2v) is 32.6. The van der Waals surface area contributed by atoms with Gasteiger partial charge in [0.1, 0.15) is 146 Å². The van der Waals surface area contributed by atoms with Crippen molar-refractivity contribution in [1.29, 1.82) is 0 Å². The van der Waals surface area contributed by atoms with E-state index < -0.39 is 280 Å². The predicted molar refractivity (Wildman–Crippen MR) is 342 cm³/mol. The molecule has 592 valence electrons. The zero-order valence-corrected chi connectivity index (χ0v) is 59.4. The third-order valence-corrected chi connectivity index (χ3v) is 26.6. The van der Waals surface area contributed by atoms with Crippen molar-refractivity contribution in [3.05, 3.63) is 11.6 Å². The summed E-state index contributed by atoms with van der Waals surface area (Å²) in [6, 6.07) is 0. The Balaban J connectivity index is 0.858. The molecule has 10 rings (SSSR count). The molecule has 34 nitrogen and oxygen atoms in total. The summed E-state index contributed by atoms with van der Waals surface area (Å²) in [5.74, 6) is -0.139. The van der Waals surface area contributed by atoms with Crippen molar-refractivity contribution in [3.8, 4) is 0 Å². The summed E-state index contributed by atoms with van der Waals surface area (Å²) in [6.45, 7) is 15.3. The SMILES string of the molecule is C[C@H](CC[C@@H](OC1O[C@H](CO)[C@@H](OC2O[C@H](CO)[C@@H](O)[C@H](O)[C@H]2O)[C@H](O)[C@H]1OC1O[C@H](CO)[C@@H](OC2O[C@H](CO)[C@@H](O)[C@H](O)[C@H]2O)[C@H](O)[C@H]1O)C(C)(C)O)C1CC[C@@]2(C)[C@]3(C)CC=C4C(C)(C)[C@@H](OC5O[C@H](CO)[C@@H](OC6O[C@H](CO)[C@@H](O)[C@H](O)[C@H]6O)[C@H](O)[C@H]5O)CC[C@@]4(C)[C@]3(C)C(O)C[C@]12C. The zero-order chi connectivity index (χ0) is 75.4. The third-order valence-electron chi connectivity index (χ3n) is 26.6. The molecule has 6 heterocycles. The van der Waals surface area contributed by atoms with Crippen LogP contribution in [0.2, 0.25) is 0 Å². The quantitative estimate of drug-likeness (QED) is 0.0423. The van der Waals surface area contributed by atoms with Crippen LogP contribution in [0.3, 0.4) is 0 Å². The highest BCUT2D eigenvalue weighted by molar-refractivity contribution is 5.39. The lowest BCUT2D eigenvalue weighted by Crippen LogP contribution is -2.72. The summed E-state index contributed by atoms with van der Waals surface area (Å²) in [5.41, 5.74) is -4.28. The number of rotatable bonds is 23. The Bertz CT molecular complexity index is 2780. The summed E-state index contributed by atoms with van der Waals surface area (Å²) < 4.78 is 72.1. The van der Waals surface area contributed by atoms with E-state index in [2.05, 4.69) is 47.6 Å². The van der Waals surface area contributed by atoms with E-state index >= 15 is 0 Å². The maximum Gasteiger partial charge on any atom is 0.187 e. The topological polar surface area (TPSA) is 556 Å². The molecule has 9 fully saturated rings. The first-order chi connectivity index (χ1) is 47.7. The smallest absolute Gasteiger partial charge is 0.187 e. The highest BCUT2D eigenvalue weighted by atomic mass is 16.8. The summed E-state index contributed by atoms with van der Waals surface area (Å²) >= 11 is 0. The van der Waals surface area contributed by atoms with Crippen LogP contribution >= 0.6 is 0 Å². The summed E-state index contributed by atoms with van der Waals surface area (Å²) in [6.07, 6.45) is -50.0. The minimum atomic E-state index is -2.18. The van der Waals surface area contributed by atoms with Crippen LogP contribution in [-0.4, -0.2) is 360 Å². The van der Waals surface area contributed by atoms with Gasteiger partial charge in [0.25, 0.3) is 0 Å². The monoisotopic (exact) mass is 1480 g/mol. The molecule has 3 saturated carbocycles. The van der Waals surface area contributed by atoms with Crippen molar-refractivity contribution in [2.24, 2.45) is 44.3 Å². The molecule has 4 aliphatic carbocycles. The van der Waals surface area contributed by atoms with Gasteiger partial charge in [-0.1, -0.05) is 67.0 Å². The first kappa shape index (κ1) is 82.9. The molecule has 0 radical (unpaired) electrons. The number of hydrogen-bond acceptors (Lipinski definition) is 34. The average molecular weight is 1480 g/mol. The fourth-order valence-corrected chi connectivity index (χ4v) is 19.8. The van der Waals surface area contributed by atoms with Gasteiger partial charge in [0.2, 0.25) is 0 Å². The number of allylic oxidation sites excluding steroid dienone is 1. The molecule has 6 saturated heterocycles. The minimum Gasteiger partial charge on any atom is -0.394 e.